The van der Waals surface area contributed by atoms with Gasteiger partial charge in [-0.05, 0) is 24.8 Å². The van der Waals surface area contributed by atoms with Crippen molar-refractivity contribution in [3.05, 3.63) is 35.9 Å². The molecule has 0 atom stereocenters. The summed E-state index contributed by atoms with van der Waals surface area (Å²) >= 11 is 0. The first-order valence-electron chi connectivity index (χ1n) is 4.35. The number of rotatable bonds is 3. The average molecular weight is 159 g/mol. The van der Waals surface area contributed by atoms with Crippen molar-refractivity contribution in [2.45, 2.75) is 19.3 Å². The molecule has 0 heterocycles. The van der Waals surface area contributed by atoms with Crippen LogP contribution in [0, 0.1) is 12.0 Å². The first-order chi connectivity index (χ1) is 5.86. The third-order valence-corrected chi connectivity index (χ3v) is 2.21. The van der Waals surface area contributed by atoms with Crippen LogP contribution < -0.4 is 0 Å². The Labute approximate surface area is 72.4 Å². The molecule has 0 amide bonds. The van der Waals surface area contributed by atoms with E-state index in [-0.39, 0.29) is 5.78 Å². The highest BCUT2D eigenvalue weighted by molar-refractivity contribution is 5.96. The lowest BCUT2D eigenvalue weighted by Crippen LogP contribution is -1.98. The van der Waals surface area contributed by atoms with Crippen LogP contribution in [0.1, 0.15) is 29.6 Å². The largest absolute Gasteiger partial charge is 0.294 e. The lowest BCUT2D eigenvalue weighted by atomic mass is 10.1. The van der Waals surface area contributed by atoms with Crippen LogP contribution in [-0.2, 0) is 0 Å². The van der Waals surface area contributed by atoms with E-state index in [9.17, 15) is 4.79 Å². The van der Waals surface area contributed by atoms with Crippen LogP contribution in [0.3, 0.4) is 0 Å². The molecule has 61 valence electrons. The van der Waals surface area contributed by atoms with E-state index in [1.807, 2.05) is 12.1 Å². The van der Waals surface area contributed by atoms with Crippen LogP contribution in [0.4, 0.5) is 0 Å². The Hall–Kier alpha value is -1.11. The van der Waals surface area contributed by atoms with Crippen molar-refractivity contribution >= 4 is 5.78 Å². The van der Waals surface area contributed by atoms with Gasteiger partial charge in [-0.3, -0.25) is 4.79 Å². The molecule has 1 aliphatic carbocycles. The highest BCUT2D eigenvalue weighted by atomic mass is 16.1. The summed E-state index contributed by atoms with van der Waals surface area (Å²) in [4.78, 5) is 11.5. The number of carbonyl (C=O) groups excluding carboxylic acids is 1. The van der Waals surface area contributed by atoms with Gasteiger partial charge >= 0.3 is 0 Å². The summed E-state index contributed by atoms with van der Waals surface area (Å²) in [5.74, 6) is 0.966. The zero-order chi connectivity index (χ0) is 8.39. The highest BCUT2D eigenvalue weighted by Gasteiger charge is 2.24. The molecule has 0 aromatic heterocycles. The predicted octanol–water partition coefficient (Wildman–Crippen LogP) is 2.47. The lowest BCUT2D eigenvalue weighted by molar-refractivity contribution is 0.0976. The van der Waals surface area contributed by atoms with Gasteiger partial charge in [-0.15, -0.1) is 0 Å². The van der Waals surface area contributed by atoms with E-state index in [1.54, 1.807) is 12.1 Å². The fourth-order valence-corrected chi connectivity index (χ4v) is 1.27. The van der Waals surface area contributed by atoms with Crippen molar-refractivity contribution in [2.24, 2.45) is 5.92 Å². The first-order valence-corrected chi connectivity index (χ1v) is 4.35. The summed E-state index contributed by atoms with van der Waals surface area (Å²) in [6.45, 7) is 0. The molecule has 12 heavy (non-hydrogen) atoms. The SMILES string of the molecule is O=C(CC1CC1)c1cc[c]cc1. The highest BCUT2D eigenvalue weighted by Crippen LogP contribution is 2.33. The Balaban J connectivity index is 2.03. The van der Waals surface area contributed by atoms with Crippen LogP contribution in [-0.4, -0.2) is 5.78 Å². The van der Waals surface area contributed by atoms with Gasteiger partial charge in [-0.25, -0.2) is 0 Å². The fraction of sp³-hybridized carbons (Fsp3) is 0.364. The van der Waals surface area contributed by atoms with E-state index >= 15 is 0 Å². The molecule has 0 saturated heterocycles. The molecule has 0 bridgehead atoms. The monoisotopic (exact) mass is 159 g/mol. The summed E-state index contributed by atoms with van der Waals surface area (Å²) in [5.41, 5.74) is 0.834. The number of carbonyl (C=O) groups is 1. The minimum absolute atomic E-state index is 0.284. The minimum atomic E-state index is 0.284. The van der Waals surface area contributed by atoms with Crippen molar-refractivity contribution in [2.75, 3.05) is 0 Å². The van der Waals surface area contributed by atoms with E-state index < -0.39 is 0 Å². The quantitative estimate of drug-likeness (QED) is 0.619. The number of hydrogen-bond acceptors (Lipinski definition) is 1. The van der Waals surface area contributed by atoms with Gasteiger partial charge in [-0.2, -0.15) is 0 Å². The molecule has 1 heteroatoms. The number of Topliss-reactive ketones (excluding diaryl/α,β-unsaturated/α-hetero) is 1. The van der Waals surface area contributed by atoms with Gasteiger partial charge in [0.15, 0.2) is 5.78 Å². The summed E-state index contributed by atoms with van der Waals surface area (Å²) in [5, 5.41) is 0. The maximum absolute atomic E-state index is 11.5. The van der Waals surface area contributed by atoms with Crippen molar-refractivity contribution in [3.63, 3.8) is 0 Å². The third-order valence-electron chi connectivity index (χ3n) is 2.21. The van der Waals surface area contributed by atoms with E-state index in [1.165, 1.54) is 12.8 Å². The zero-order valence-corrected chi connectivity index (χ0v) is 6.92. The molecule has 1 aromatic carbocycles. The number of ketones is 1. The molecular weight excluding hydrogens is 148 g/mol. The molecule has 1 saturated carbocycles. The Morgan fingerprint density at radius 1 is 1.42 bits per heavy atom. The molecule has 0 aliphatic heterocycles. The lowest BCUT2D eigenvalue weighted by Gasteiger charge is -1.97. The van der Waals surface area contributed by atoms with E-state index in [0.29, 0.717) is 5.92 Å². The van der Waals surface area contributed by atoms with Crippen molar-refractivity contribution in [3.8, 4) is 0 Å². The predicted molar refractivity (Wildman–Crippen MR) is 46.9 cm³/mol. The summed E-state index contributed by atoms with van der Waals surface area (Å²) in [6.07, 6.45) is 3.22. The smallest absolute Gasteiger partial charge is 0.163 e. The summed E-state index contributed by atoms with van der Waals surface area (Å²) < 4.78 is 0. The number of benzene rings is 1. The summed E-state index contributed by atoms with van der Waals surface area (Å²) in [6, 6.07) is 10.2. The molecule has 1 aromatic rings. The Kier molecular flexibility index (Phi) is 1.94. The molecule has 1 nitrogen and oxygen atoms in total. The van der Waals surface area contributed by atoms with Crippen molar-refractivity contribution in [1.29, 1.82) is 0 Å². The second-order valence-electron chi connectivity index (χ2n) is 3.36. The standard InChI is InChI=1S/C11H11O/c12-11(8-9-6-7-9)10-4-2-1-3-5-10/h2-5,9H,6-8H2. The van der Waals surface area contributed by atoms with Crippen LogP contribution in [0.5, 0.6) is 0 Å². The Morgan fingerprint density at radius 3 is 2.67 bits per heavy atom. The van der Waals surface area contributed by atoms with Crippen molar-refractivity contribution in [1.82, 2.24) is 0 Å². The van der Waals surface area contributed by atoms with Crippen molar-refractivity contribution < 1.29 is 4.79 Å². The van der Waals surface area contributed by atoms with Crippen LogP contribution in [0.2, 0.25) is 0 Å². The molecule has 1 radical (unpaired) electrons. The first kappa shape index (κ1) is 7.53. The van der Waals surface area contributed by atoms with Crippen LogP contribution >= 0.6 is 0 Å². The van der Waals surface area contributed by atoms with Gasteiger partial charge in [0, 0.05) is 12.0 Å². The van der Waals surface area contributed by atoms with Gasteiger partial charge in [-0.1, -0.05) is 24.3 Å². The van der Waals surface area contributed by atoms with E-state index in [2.05, 4.69) is 6.07 Å². The Morgan fingerprint density at radius 2 is 2.08 bits per heavy atom. The molecule has 0 unspecified atom stereocenters. The van der Waals surface area contributed by atoms with Gasteiger partial charge in [0.1, 0.15) is 0 Å². The molecular formula is C11H11O. The second kappa shape index (κ2) is 3.10. The summed E-state index contributed by atoms with van der Waals surface area (Å²) in [7, 11) is 0. The van der Waals surface area contributed by atoms with E-state index in [0.717, 1.165) is 12.0 Å². The third kappa shape index (κ3) is 1.73. The molecule has 0 N–H and O–H groups in total. The fourth-order valence-electron chi connectivity index (χ4n) is 1.27. The molecule has 1 aliphatic rings. The van der Waals surface area contributed by atoms with E-state index in [4.69, 9.17) is 0 Å². The van der Waals surface area contributed by atoms with Crippen LogP contribution in [0.15, 0.2) is 24.3 Å². The maximum Gasteiger partial charge on any atom is 0.163 e. The molecule has 0 spiro atoms. The topological polar surface area (TPSA) is 17.1 Å². The molecule has 2 rings (SSSR count). The normalized spacial score (nSPS) is 16.0. The van der Waals surface area contributed by atoms with Gasteiger partial charge < -0.3 is 0 Å². The zero-order valence-electron chi connectivity index (χ0n) is 6.92. The maximum atomic E-state index is 11.5. The Bertz CT molecular complexity index is 272. The van der Waals surface area contributed by atoms with Gasteiger partial charge in [0.05, 0.1) is 0 Å². The molecule has 1 fully saturated rings. The van der Waals surface area contributed by atoms with Gasteiger partial charge in [0.2, 0.25) is 0 Å². The van der Waals surface area contributed by atoms with Gasteiger partial charge in [0.25, 0.3) is 0 Å². The minimum Gasteiger partial charge on any atom is -0.294 e. The van der Waals surface area contributed by atoms with Crippen LogP contribution in [0.25, 0.3) is 0 Å². The average Bonchev–Trinajstić information content (AvgIpc) is 2.90. The second-order valence-corrected chi connectivity index (χ2v) is 3.36. The number of hydrogen-bond donors (Lipinski definition) is 0.